The normalized spacial score (nSPS) is 10.5. The number of benzene rings is 1. The van der Waals surface area contributed by atoms with Gasteiger partial charge in [0.25, 0.3) is 5.56 Å². The highest BCUT2D eigenvalue weighted by Gasteiger charge is 2.01. The molecule has 0 unspecified atom stereocenters. The second-order valence-electron chi connectivity index (χ2n) is 3.27. The van der Waals surface area contributed by atoms with Crippen LogP contribution in [0.25, 0.3) is 0 Å². The molecule has 0 spiro atoms. The third kappa shape index (κ3) is 2.30. The largest absolute Gasteiger partial charge is 0.384 e. The monoisotopic (exact) mass is 267 g/mol. The lowest BCUT2D eigenvalue weighted by molar-refractivity contribution is 0.666. The molecule has 0 amide bonds. The number of rotatable bonds is 2. The molecule has 0 aliphatic rings. The van der Waals surface area contributed by atoms with E-state index in [1.54, 1.807) is 0 Å². The number of aromatic nitrogens is 2. The predicted molar refractivity (Wildman–Crippen MR) is 62.7 cm³/mol. The van der Waals surface area contributed by atoms with Gasteiger partial charge in [0, 0.05) is 10.5 Å². The Morgan fingerprint density at radius 2 is 2.20 bits per heavy atom. The van der Waals surface area contributed by atoms with Crippen molar-refractivity contribution in [1.29, 1.82) is 0 Å². The molecule has 0 atom stereocenters. The third-order valence-corrected chi connectivity index (χ3v) is 2.53. The van der Waals surface area contributed by atoms with Gasteiger partial charge in [-0.1, -0.05) is 28.1 Å². The van der Waals surface area contributed by atoms with Crippen molar-refractivity contribution >= 4 is 21.7 Å². The zero-order valence-electron chi connectivity index (χ0n) is 7.90. The molecule has 1 heterocycles. The van der Waals surface area contributed by atoms with E-state index in [2.05, 4.69) is 21.0 Å². The maximum atomic E-state index is 11.4. The van der Waals surface area contributed by atoms with Crippen LogP contribution in [0.5, 0.6) is 0 Å². The summed E-state index contributed by atoms with van der Waals surface area (Å²) >= 11 is 3.38. The fourth-order valence-electron chi connectivity index (χ4n) is 1.39. The average molecular weight is 268 g/mol. The van der Waals surface area contributed by atoms with E-state index in [0.717, 1.165) is 10.0 Å². The maximum absolute atomic E-state index is 11.4. The van der Waals surface area contributed by atoms with Crippen molar-refractivity contribution in [2.45, 2.75) is 6.54 Å². The zero-order valence-corrected chi connectivity index (χ0v) is 9.49. The van der Waals surface area contributed by atoms with Gasteiger partial charge < -0.3 is 5.73 Å². The zero-order chi connectivity index (χ0) is 10.8. The lowest BCUT2D eigenvalue weighted by atomic mass is 10.2. The van der Waals surface area contributed by atoms with Gasteiger partial charge in [-0.2, -0.15) is 0 Å². The number of nitrogen functional groups attached to an aromatic ring is 1. The number of H-pyrrole nitrogens is 1. The van der Waals surface area contributed by atoms with Gasteiger partial charge >= 0.3 is 0 Å². The van der Waals surface area contributed by atoms with E-state index in [-0.39, 0.29) is 5.56 Å². The van der Waals surface area contributed by atoms with Crippen LogP contribution in [-0.4, -0.2) is 9.78 Å². The summed E-state index contributed by atoms with van der Waals surface area (Å²) in [4.78, 5) is 11.4. The minimum absolute atomic E-state index is 0.118. The highest BCUT2D eigenvalue weighted by atomic mass is 79.9. The summed E-state index contributed by atoms with van der Waals surface area (Å²) in [5.41, 5.74) is 6.39. The van der Waals surface area contributed by atoms with Crippen LogP contribution < -0.4 is 11.3 Å². The smallest absolute Gasteiger partial charge is 0.268 e. The van der Waals surface area contributed by atoms with E-state index in [4.69, 9.17) is 5.73 Å². The van der Waals surface area contributed by atoms with Crippen LogP contribution >= 0.6 is 15.9 Å². The molecule has 1 aromatic carbocycles. The van der Waals surface area contributed by atoms with Crippen molar-refractivity contribution in [1.82, 2.24) is 9.78 Å². The number of anilines is 1. The topological polar surface area (TPSA) is 63.8 Å². The Kier molecular flexibility index (Phi) is 2.64. The SMILES string of the molecule is Nc1cc(=O)n(Cc2cccc(Br)c2)[nH]1. The maximum Gasteiger partial charge on any atom is 0.268 e. The summed E-state index contributed by atoms with van der Waals surface area (Å²) in [6.07, 6.45) is 0. The van der Waals surface area contributed by atoms with Gasteiger partial charge in [-0.25, -0.2) is 4.68 Å². The van der Waals surface area contributed by atoms with Crippen molar-refractivity contribution in [2.75, 3.05) is 5.73 Å². The van der Waals surface area contributed by atoms with Crippen LogP contribution in [0.1, 0.15) is 5.56 Å². The lowest BCUT2D eigenvalue weighted by Gasteiger charge is -2.02. The first-order chi connectivity index (χ1) is 7.15. The highest BCUT2D eigenvalue weighted by molar-refractivity contribution is 9.10. The van der Waals surface area contributed by atoms with E-state index in [1.165, 1.54) is 10.7 Å². The Hall–Kier alpha value is -1.49. The van der Waals surface area contributed by atoms with Crippen molar-refractivity contribution in [3.8, 4) is 0 Å². The Morgan fingerprint density at radius 3 is 2.80 bits per heavy atom. The number of halogens is 1. The van der Waals surface area contributed by atoms with Gasteiger partial charge in [0.05, 0.1) is 6.54 Å². The molecule has 0 fully saturated rings. The van der Waals surface area contributed by atoms with Crippen LogP contribution in [0.15, 0.2) is 39.6 Å². The Labute approximate surface area is 94.8 Å². The Morgan fingerprint density at radius 1 is 1.40 bits per heavy atom. The second kappa shape index (κ2) is 3.94. The predicted octanol–water partition coefficient (Wildman–Crippen LogP) is 1.57. The number of hydrogen-bond acceptors (Lipinski definition) is 2. The van der Waals surface area contributed by atoms with E-state index in [0.29, 0.717) is 12.4 Å². The molecule has 2 rings (SSSR count). The molecule has 0 bridgehead atoms. The first-order valence-corrected chi connectivity index (χ1v) is 5.24. The van der Waals surface area contributed by atoms with E-state index < -0.39 is 0 Å². The van der Waals surface area contributed by atoms with Crippen molar-refractivity contribution < 1.29 is 0 Å². The fourth-order valence-corrected chi connectivity index (χ4v) is 1.84. The molecule has 15 heavy (non-hydrogen) atoms. The first kappa shape index (κ1) is 10.0. The molecule has 3 N–H and O–H groups in total. The van der Waals surface area contributed by atoms with Crippen LogP contribution in [0.2, 0.25) is 0 Å². The van der Waals surface area contributed by atoms with Gasteiger partial charge in [0.2, 0.25) is 0 Å². The molecule has 1 aromatic heterocycles. The van der Waals surface area contributed by atoms with Crippen LogP contribution in [0.4, 0.5) is 5.82 Å². The van der Waals surface area contributed by atoms with E-state index in [1.807, 2.05) is 24.3 Å². The number of nitrogens with two attached hydrogens (primary N) is 1. The molecule has 5 heteroatoms. The van der Waals surface area contributed by atoms with Gasteiger partial charge in [-0.15, -0.1) is 0 Å². The van der Waals surface area contributed by atoms with Crippen LogP contribution in [0.3, 0.4) is 0 Å². The Bertz CT molecular complexity index is 529. The molecule has 0 radical (unpaired) electrons. The molecule has 0 saturated carbocycles. The number of nitrogens with zero attached hydrogens (tertiary/aromatic N) is 1. The quantitative estimate of drug-likeness (QED) is 0.868. The lowest BCUT2D eigenvalue weighted by Crippen LogP contribution is -2.16. The summed E-state index contributed by atoms with van der Waals surface area (Å²) in [5.74, 6) is 0.384. The standard InChI is InChI=1S/C10H10BrN3O/c11-8-3-1-2-7(4-8)6-14-10(15)5-9(12)13-14/h1-5,13H,6,12H2. The minimum atomic E-state index is -0.118. The Balaban J connectivity index is 2.29. The molecule has 4 nitrogen and oxygen atoms in total. The first-order valence-electron chi connectivity index (χ1n) is 4.45. The summed E-state index contributed by atoms with van der Waals surface area (Å²) in [5, 5.41) is 2.78. The van der Waals surface area contributed by atoms with Crippen LogP contribution in [-0.2, 0) is 6.54 Å². The number of aromatic amines is 1. The third-order valence-electron chi connectivity index (χ3n) is 2.04. The average Bonchev–Trinajstić information content (AvgIpc) is 2.45. The summed E-state index contributed by atoms with van der Waals surface area (Å²) in [6, 6.07) is 9.15. The van der Waals surface area contributed by atoms with Crippen LogP contribution in [0, 0.1) is 0 Å². The van der Waals surface area contributed by atoms with E-state index in [9.17, 15) is 4.79 Å². The number of hydrogen-bond donors (Lipinski definition) is 2. The molecule has 78 valence electrons. The molecule has 0 aliphatic carbocycles. The number of nitrogens with one attached hydrogen (secondary N) is 1. The molecule has 0 aliphatic heterocycles. The molecule has 0 saturated heterocycles. The molecular weight excluding hydrogens is 258 g/mol. The second-order valence-corrected chi connectivity index (χ2v) is 4.18. The molecular formula is C10H10BrN3O. The van der Waals surface area contributed by atoms with E-state index >= 15 is 0 Å². The highest BCUT2D eigenvalue weighted by Crippen LogP contribution is 2.12. The van der Waals surface area contributed by atoms with Gasteiger partial charge in [0.15, 0.2) is 0 Å². The molecule has 2 aromatic rings. The van der Waals surface area contributed by atoms with Gasteiger partial charge in [-0.3, -0.25) is 9.89 Å². The van der Waals surface area contributed by atoms with Gasteiger partial charge in [-0.05, 0) is 17.7 Å². The minimum Gasteiger partial charge on any atom is -0.384 e. The summed E-state index contributed by atoms with van der Waals surface area (Å²) in [6.45, 7) is 0.496. The van der Waals surface area contributed by atoms with Gasteiger partial charge in [0.1, 0.15) is 5.82 Å². The summed E-state index contributed by atoms with van der Waals surface area (Å²) in [7, 11) is 0. The summed E-state index contributed by atoms with van der Waals surface area (Å²) < 4.78 is 2.46. The van der Waals surface area contributed by atoms with Crippen molar-refractivity contribution in [3.63, 3.8) is 0 Å². The van der Waals surface area contributed by atoms with Crippen molar-refractivity contribution in [2.24, 2.45) is 0 Å². The fraction of sp³-hybridized carbons (Fsp3) is 0.100. The van der Waals surface area contributed by atoms with Crippen molar-refractivity contribution in [3.05, 3.63) is 50.7 Å².